The van der Waals surface area contributed by atoms with Crippen LogP contribution in [0.1, 0.15) is 45.0 Å². The minimum atomic E-state index is -0.385. The number of fused-ring (bicyclic) bond motifs is 11. The molecule has 0 bridgehead atoms. The molecular weight excluding hydrogens is 609 g/mol. The molecule has 0 amide bonds. The fraction of sp³-hybridized carbons (Fsp3) is 0.0638. The van der Waals surface area contributed by atoms with Crippen molar-refractivity contribution in [3.05, 3.63) is 197 Å². The van der Waals surface area contributed by atoms with Crippen molar-refractivity contribution in [2.75, 3.05) is 0 Å². The van der Waals surface area contributed by atoms with Crippen LogP contribution in [-0.4, -0.2) is 17.7 Å². The van der Waals surface area contributed by atoms with E-state index in [0.29, 0.717) is 0 Å². The Kier molecular flexibility index (Phi) is 5.02. The van der Waals surface area contributed by atoms with Gasteiger partial charge in [-0.15, -0.1) is 0 Å². The predicted octanol–water partition coefficient (Wildman–Crippen LogP) is 10.6. The monoisotopic (exact) mass is 636 g/mol. The van der Waals surface area contributed by atoms with Crippen LogP contribution in [0.4, 0.5) is 0 Å². The van der Waals surface area contributed by atoms with Gasteiger partial charge in [0.15, 0.2) is 11.9 Å². The fourth-order valence-corrected chi connectivity index (χ4v) is 9.52. The van der Waals surface area contributed by atoms with E-state index in [1.807, 2.05) is 12.1 Å². The van der Waals surface area contributed by atoms with Gasteiger partial charge in [0.05, 0.1) is 11.1 Å². The molecule has 4 aliphatic rings. The molecule has 2 aliphatic carbocycles. The van der Waals surface area contributed by atoms with Crippen LogP contribution in [0.5, 0.6) is 5.75 Å². The molecule has 0 aromatic heterocycles. The molecule has 232 valence electrons. The smallest absolute Gasteiger partial charge is 0.168 e. The average Bonchev–Trinajstić information content (AvgIpc) is 3.81. The van der Waals surface area contributed by atoms with Crippen LogP contribution in [0.3, 0.4) is 0 Å². The first-order chi connectivity index (χ1) is 24.8. The number of para-hydroxylation sites is 1. The van der Waals surface area contributed by atoms with Crippen molar-refractivity contribution < 1.29 is 4.74 Å². The number of hydrogen-bond acceptors (Lipinski definition) is 3. The number of benzene rings is 8. The van der Waals surface area contributed by atoms with Gasteiger partial charge in [-0.25, -0.2) is 4.99 Å². The van der Waals surface area contributed by atoms with Gasteiger partial charge in [0.25, 0.3) is 0 Å². The van der Waals surface area contributed by atoms with Crippen LogP contribution in [0.2, 0.25) is 0 Å². The van der Waals surface area contributed by atoms with E-state index in [0.717, 1.165) is 34.0 Å². The van der Waals surface area contributed by atoms with E-state index in [2.05, 4.69) is 146 Å². The number of amidine groups is 1. The van der Waals surface area contributed by atoms with Crippen molar-refractivity contribution in [2.45, 2.75) is 17.6 Å². The number of aliphatic imine (C=N–C) groups is 2. The van der Waals surface area contributed by atoms with Gasteiger partial charge in [0.2, 0.25) is 0 Å². The molecule has 3 heteroatoms. The number of nitrogens with zero attached hydrogens (tertiary/aromatic N) is 2. The highest BCUT2D eigenvalue weighted by Crippen LogP contribution is 2.62. The van der Waals surface area contributed by atoms with E-state index in [1.165, 1.54) is 65.7 Å². The topological polar surface area (TPSA) is 34.0 Å². The Balaban J connectivity index is 1.09. The molecule has 2 heterocycles. The predicted molar refractivity (Wildman–Crippen MR) is 203 cm³/mol. The molecule has 8 aromatic carbocycles. The van der Waals surface area contributed by atoms with Crippen LogP contribution >= 0.6 is 0 Å². The summed E-state index contributed by atoms with van der Waals surface area (Å²) in [6.07, 6.45) is -0.284. The molecule has 1 spiro atoms. The van der Waals surface area contributed by atoms with Crippen LogP contribution in [0, 0.1) is 0 Å². The van der Waals surface area contributed by atoms with Crippen molar-refractivity contribution in [1.29, 1.82) is 0 Å². The second-order valence-electron chi connectivity index (χ2n) is 14.0. The van der Waals surface area contributed by atoms with E-state index >= 15 is 0 Å². The molecule has 0 N–H and O–H groups in total. The maximum Gasteiger partial charge on any atom is 0.168 e. The Labute approximate surface area is 288 Å². The van der Waals surface area contributed by atoms with E-state index in [-0.39, 0.29) is 17.6 Å². The van der Waals surface area contributed by atoms with E-state index in [4.69, 9.17) is 14.7 Å². The lowest BCUT2D eigenvalue weighted by molar-refractivity contribution is 0.275. The Hall–Kier alpha value is -6.32. The summed E-state index contributed by atoms with van der Waals surface area (Å²) in [5.74, 6) is 1.63. The third-order valence-electron chi connectivity index (χ3n) is 11.6. The third kappa shape index (κ3) is 3.25. The van der Waals surface area contributed by atoms with Gasteiger partial charge in [-0.2, -0.15) is 0 Å². The number of hydrogen-bond donors (Lipinski definition) is 0. The molecule has 0 saturated carbocycles. The zero-order valence-electron chi connectivity index (χ0n) is 27.0. The summed E-state index contributed by atoms with van der Waals surface area (Å²) >= 11 is 0. The van der Waals surface area contributed by atoms with Crippen LogP contribution in [0.15, 0.2) is 168 Å². The lowest BCUT2D eigenvalue weighted by Crippen LogP contribution is -2.34. The maximum atomic E-state index is 6.61. The van der Waals surface area contributed by atoms with Gasteiger partial charge in [0.1, 0.15) is 11.8 Å². The lowest BCUT2D eigenvalue weighted by Gasteiger charge is -2.31. The standard InChI is InChI=1S/C47H28N2O/c1-2-10-30-25-31(22-19-27(30)9-1)43-45-44(34-14-4-6-18-40(34)50-45)49-46(48-43)32-23-24-37-35(26-32)33-13-3-5-15-36(33)47(37)38-16-7-11-28-20-21-29-12-8-17-39(47)42(29)41(28)38/h1-26,44-45H. The first kappa shape index (κ1) is 26.6. The van der Waals surface area contributed by atoms with Crippen molar-refractivity contribution in [3.8, 4) is 16.9 Å². The van der Waals surface area contributed by atoms with Gasteiger partial charge in [-0.3, -0.25) is 4.99 Å². The zero-order chi connectivity index (χ0) is 32.6. The molecule has 0 fully saturated rings. The Bertz CT molecular complexity index is 2820. The van der Waals surface area contributed by atoms with Crippen molar-refractivity contribution in [3.63, 3.8) is 0 Å². The summed E-state index contributed by atoms with van der Waals surface area (Å²) in [6.45, 7) is 0. The molecule has 0 radical (unpaired) electrons. The minimum Gasteiger partial charge on any atom is -0.481 e. The second kappa shape index (κ2) is 9.43. The zero-order valence-corrected chi connectivity index (χ0v) is 27.0. The van der Waals surface area contributed by atoms with Gasteiger partial charge >= 0.3 is 0 Å². The van der Waals surface area contributed by atoms with E-state index in [9.17, 15) is 0 Å². The fourth-order valence-electron chi connectivity index (χ4n) is 9.52. The SMILES string of the molecule is c1ccc2c(c1)OC1C(c3ccc4ccccc4c3)=NC(c3ccc4c(c3)-c3ccccc3C43c4cccc5ccc6cccc3c6c45)=NC21. The molecular formula is C47H28N2O. The Morgan fingerprint density at radius 2 is 1.12 bits per heavy atom. The molecule has 2 unspecified atom stereocenters. The molecule has 50 heavy (non-hydrogen) atoms. The largest absolute Gasteiger partial charge is 0.481 e. The van der Waals surface area contributed by atoms with Crippen LogP contribution in [-0.2, 0) is 5.41 Å². The average molecular weight is 637 g/mol. The highest BCUT2D eigenvalue weighted by atomic mass is 16.5. The van der Waals surface area contributed by atoms with Crippen molar-refractivity contribution in [2.24, 2.45) is 9.98 Å². The molecule has 12 rings (SSSR count). The van der Waals surface area contributed by atoms with Crippen LogP contribution in [0.25, 0.3) is 43.4 Å². The number of ether oxygens (including phenoxy) is 1. The summed E-state index contributed by atoms with van der Waals surface area (Å²) in [4.78, 5) is 10.7. The summed E-state index contributed by atoms with van der Waals surface area (Å²) in [5, 5.41) is 7.73. The third-order valence-corrected chi connectivity index (χ3v) is 11.6. The first-order valence-corrected chi connectivity index (χ1v) is 17.4. The van der Waals surface area contributed by atoms with Gasteiger partial charge in [0, 0.05) is 16.7 Å². The van der Waals surface area contributed by atoms with Gasteiger partial charge in [-0.1, -0.05) is 140 Å². The number of rotatable bonds is 2. The molecule has 0 saturated heterocycles. The summed E-state index contributed by atoms with van der Waals surface area (Å²) in [5.41, 5.74) is 11.6. The maximum absolute atomic E-state index is 6.61. The van der Waals surface area contributed by atoms with E-state index < -0.39 is 0 Å². The Morgan fingerprint density at radius 1 is 0.480 bits per heavy atom. The highest BCUT2D eigenvalue weighted by molar-refractivity contribution is 6.19. The molecule has 2 aliphatic heterocycles. The Morgan fingerprint density at radius 3 is 1.96 bits per heavy atom. The lowest BCUT2D eigenvalue weighted by atomic mass is 9.70. The molecule has 8 aromatic rings. The minimum absolute atomic E-state index is 0.174. The summed E-state index contributed by atoms with van der Waals surface area (Å²) in [6, 6.07) is 57.4. The van der Waals surface area contributed by atoms with E-state index in [1.54, 1.807) is 0 Å². The van der Waals surface area contributed by atoms with Gasteiger partial charge < -0.3 is 4.74 Å². The first-order valence-electron chi connectivity index (χ1n) is 17.4. The highest BCUT2D eigenvalue weighted by Gasteiger charge is 2.51. The second-order valence-corrected chi connectivity index (χ2v) is 14.0. The quantitative estimate of drug-likeness (QED) is 0.174. The van der Waals surface area contributed by atoms with Crippen molar-refractivity contribution >= 4 is 43.9 Å². The van der Waals surface area contributed by atoms with Gasteiger partial charge in [-0.05, 0) is 83.9 Å². The summed E-state index contributed by atoms with van der Waals surface area (Å²) < 4.78 is 6.61. The molecule has 2 atom stereocenters. The normalized spacial score (nSPS) is 18.6. The van der Waals surface area contributed by atoms with Crippen LogP contribution < -0.4 is 4.74 Å². The van der Waals surface area contributed by atoms with Crippen molar-refractivity contribution in [1.82, 2.24) is 0 Å². The molecule has 3 nitrogen and oxygen atoms in total. The summed E-state index contributed by atoms with van der Waals surface area (Å²) in [7, 11) is 0.